The number of hydrogen-bond donors (Lipinski definition) is 2. The molecule has 2 unspecified atom stereocenters. The molecule has 0 aromatic carbocycles. The molecular weight excluding hydrogens is 162 g/mol. The summed E-state index contributed by atoms with van der Waals surface area (Å²) in [6.45, 7) is 0. The molecular formula is C7H7NO4. The van der Waals surface area contributed by atoms with E-state index >= 15 is 0 Å². The number of rotatable bonds is 1. The zero-order valence-electron chi connectivity index (χ0n) is 6.11. The maximum Gasteiger partial charge on any atom is 0.511 e. The van der Waals surface area contributed by atoms with E-state index in [9.17, 15) is 9.59 Å². The third-order valence-electron chi connectivity index (χ3n) is 1.94. The Balaban J connectivity index is 2.07. The van der Waals surface area contributed by atoms with Gasteiger partial charge in [-0.05, 0) is 0 Å². The lowest BCUT2D eigenvalue weighted by atomic mass is 10.1. The van der Waals surface area contributed by atoms with Crippen LogP contribution >= 0.6 is 0 Å². The highest BCUT2D eigenvalue weighted by Gasteiger charge is 2.45. The molecule has 64 valence electrons. The molecule has 2 rings (SSSR count). The van der Waals surface area contributed by atoms with Crippen molar-refractivity contribution in [2.45, 2.75) is 18.5 Å². The van der Waals surface area contributed by atoms with E-state index in [1.165, 1.54) is 6.08 Å². The third kappa shape index (κ3) is 1.18. The van der Waals surface area contributed by atoms with Crippen molar-refractivity contribution in [1.29, 1.82) is 0 Å². The quantitative estimate of drug-likeness (QED) is 0.422. The van der Waals surface area contributed by atoms with E-state index in [2.05, 4.69) is 10.1 Å². The Morgan fingerprint density at radius 1 is 1.75 bits per heavy atom. The first-order valence-electron chi connectivity index (χ1n) is 3.58. The number of carbonyl (C=O) groups is 2. The summed E-state index contributed by atoms with van der Waals surface area (Å²) in [5.41, 5.74) is 0. The van der Waals surface area contributed by atoms with Crippen LogP contribution in [0.2, 0.25) is 0 Å². The summed E-state index contributed by atoms with van der Waals surface area (Å²) >= 11 is 0. The molecule has 12 heavy (non-hydrogen) atoms. The Bertz CT molecular complexity index is 283. The van der Waals surface area contributed by atoms with Gasteiger partial charge in [-0.1, -0.05) is 0 Å². The first-order valence-corrected chi connectivity index (χ1v) is 3.58. The lowest BCUT2D eigenvalue weighted by molar-refractivity contribution is -0.114. The Kier molecular flexibility index (Phi) is 1.41. The minimum absolute atomic E-state index is 0.0915. The lowest BCUT2D eigenvalue weighted by Gasteiger charge is -2.07. The molecule has 5 heteroatoms. The summed E-state index contributed by atoms with van der Waals surface area (Å²) in [6, 6.07) is 0.00277. The minimum Gasteiger partial charge on any atom is -0.449 e. The van der Waals surface area contributed by atoms with Gasteiger partial charge in [0.2, 0.25) is 0 Å². The number of carbonyl (C=O) groups excluding carboxylic acids is 1. The molecule has 0 amide bonds. The molecule has 0 spiro atoms. The fourth-order valence-corrected chi connectivity index (χ4v) is 1.34. The van der Waals surface area contributed by atoms with Crippen LogP contribution in [-0.2, 0) is 9.53 Å². The standard InChI is InChI=1S/C7H7NO4/c9-5-2-3(12-7(10)11)1-4-6(5)8-4/h2,4,6,8H,1H2,(H,10,11). The monoisotopic (exact) mass is 169 g/mol. The number of ketones is 1. The van der Waals surface area contributed by atoms with E-state index in [-0.39, 0.29) is 23.6 Å². The topological polar surface area (TPSA) is 85.5 Å². The summed E-state index contributed by atoms with van der Waals surface area (Å²) in [5.74, 6) is 0.140. The summed E-state index contributed by atoms with van der Waals surface area (Å²) in [7, 11) is 0. The van der Waals surface area contributed by atoms with Gasteiger partial charge >= 0.3 is 6.16 Å². The van der Waals surface area contributed by atoms with Gasteiger partial charge in [0.05, 0.1) is 6.04 Å². The zero-order chi connectivity index (χ0) is 8.72. The minimum atomic E-state index is -1.37. The van der Waals surface area contributed by atoms with Crippen molar-refractivity contribution in [3.8, 4) is 0 Å². The molecule has 0 radical (unpaired) electrons. The summed E-state index contributed by atoms with van der Waals surface area (Å²) in [4.78, 5) is 21.1. The average molecular weight is 169 g/mol. The fourth-order valence-electron chi connectivity index (χ4n) is 1.34. The maximum atomic E-state index is 11.0. The highest BCUT2D eigenvalue weighted by Crippen LogP contribution is 2.26. The van der Waals surface area contributed by atoms with Crippen LogP contribution in [0.1, 0.15) is 6.42 Å². The van der Waals surface area contributed by atoms with E-state index in [1.54, 1.807) is 0 Å². The Labute approximate surface area is 68.0 Å². The van der Waals surface area contributed by atoms with Gasteiger partial charge in [0.25, 0.3) is 0 Å². The molecule has 1 aliphatic carbocycles. The van der Waals surface area contributed by atoms with Crippen molar-refractivity contribution in [2.75, 3.05) is 0 Å². The van der Waals surface area contributed by atoms with Crippen LogP contribution in [0.3, 0.4) is 0 Å². The van der Waals surface area contributed by atoms with Crippen LogP contribution < -0.4 is 5.32 Å². The molecule has 0 aromatic rings. The van der Waals surface area contributed by atoms with E-state index in [0.717, 1.165) is 0 Å². The van der Waals surface area contributed by atoms with Gasteiger partial charge < -0.3 is 15.2 Å². The van der Waals surface area contributed by atoms with Gasteiger partial charge in [-0.15, -0.1) is 0 Å². The Morgan fingerprint density at radius 2 is 2.50 bits per heavy atom. The van der Waals surface area contributed by atoms with Gasteiger partial charge in [-0.25, -0.2) is 4.79 Å². The second-order valence-electron chi connectivity index (χ2n) is 2.84. The fraction of sp³-hybridized carbons (Fsp3) is 0.429. The average Bonchev–Trinajstić information content (AvgIpc) is 2.64. The van der Waals surface area contributed by atoms with Crippen LogP contribution in [0.5, 0.6) is 0 Å². The van der Waals surface area contributed by atoms with Gasteiger partial charge in [0.1, 0.15) is 5.76 Å². The molecule has 2 atom stereocenters. The van der Waals surface area contributed by atoms with Gasteiger partial charge in [0, 0.05) is 18.5 Å². The number of fused-ring (bicyclic) bond motifs is 1. The molecule has 2 aliphatic rings. The molecule has 1 saturated heterocycles. The first kappa shape index (κ1) is 7.30. The SMILES string of the molecule is O=C(O)OC1=CC(=O)C2NC2C1. The smallest absolute Gasteiger partial charge is 0.449 e. The number of ether oxygens (including phenoxy) is 1. The Morgan fingerprint density at radius 3 is 3.08 bits per heavy atom. The van der Waals surface area contributed by atoms with Crippen molar-refractivity contribution in [3.63, 3.8) is 0 Å². The van der Waals surface area contributed by atoms with Crippen molar-refractivity contribution in [2.24, 2.45) is 0 Å². The highest BCUT2D eigenvalue weighted by molar-refractivity contribution is 5.99. The summed E-state index contributed by atoms with van der Waals surface area (Å²) < 4.78 is 4.38. The van der Waals surface area contributed by atoms with Gasteiger partial charge in [0.15, 0.2) is 5.78 Å². The second kappa shape index (κ2) is 2.31. The van der Waals surface area contributed by atoms with Gasteiger partial charge in [-0.3, -0.25) is 4.79 Å². The molecule has 1 fully saturated rings. The van der Waals surface area contributed by atoms with Crippen LogP contribution in [0.15, 0.2) is 11.8 Å². The molecule has 2 N–H and O–H groups in total. The number of hydrogen-bond acceptors (Lipinski definition) is 4. The zero-order valence-corrected chi connectivity index (χ0v) is 6.11. The van der Waals surface area contributed by atoms with E-state index < -0.39 is 6.16 Å². The molecule has 1 heterocycles. The molecule has 0 saturated carbocycles. The molecule has 5 nitrogen and oxygen atoms in total. The largest absolute Gasteiger partial charge is 0.511 e. The predicted molar refractivity (Wildman–Crippen MR) is 37.5 cm³/mol. The Hall–Kier alpha value is -1.36. The second-order valence-corrected chi connectivity index (χ2v) is 2.84. The maximum absolute atomic E-state index is 11.0. The third-order valence-corrected chi connectivity index (χ3v) is 1.94. The van der Waals surface area contributed by atoms with Crippen molar-refractivity contribution < 1.29 is 19.4 Å². The van der Waals surface area contributed by atoms with E-state index in [4.69, 9.17) is 5.11 Å². The van der Waals surface area contributed by atoms with Crippen molar-refractivity contribution >= 4 is 11.9 Å². The van der Waals surface area contributed by atoms with Gasteiger partial charge in [-0.2, -0.15) is 0 Å². The summed E-state index contributed by atoms with van der Waals surface area (Å²) in [5, 5.41) is 11.2. The predicted octanol–water partition coefficient (Wildman–Crippen LogP) is -0.122. The van der Waals surface area contributed by atoms with Crippen molar-refractivity contribution in [1.82, 2.24) is 5.32 Å². The highest BCUT2D eigenvalue weighted by atomic mass is 16.7. The van der Waals surface area contributed by atoms with E-state index in [1.807, 2.05) is 0 Å². The first-order chi connectivity index (χ1) is 5.66. The van der Waals surface area contributed by atoms with E-state index in [0.29, 0.717) is 6.42 Å². The number of carboxylic acid groups (broad SMARTS) is 1. The molecule has 0 aromatic heterocycles. The van der Waals surface area contributed by atoms with Crippen molar-refractivity contribution in [3.05, 3.63) is 11.8 Å². The number of nitrogens with one attached hydrogen (secondary N) is 1. The molecule has 1 aliphatic heterocycles. The normalized spacial score (nSPS) is 32.0. The molecule has 0 bridgehead atoms. The van der Waals surface area contributed by atoms with Crippen LogP contribution in [0, 0.1) is 0 Å². The lowest BCUT2D eigenvalue weighted by Crippen LogP contribution is -2.16. The summed E-state index contributed by atoms with van der Waals surface area (Å²) in [6.07, 6.45) is 0.367. The van der Waals surface area contributed by atoms with Crippen LogP contribution in [-0.4, -0.2) is 29.1 Å². The van der Waals surface area contributed by atoms with Crippen LogP contribution in [0.4, 0.5) is 4.79 Å². The van der Waals surface area contributed by atoms with Crippen LogP contribution in [0.25, 0.3) is 0 Å².